The summed E-state index contributed by atoms with van der Waals surface area (Å²) in [5.41, 5.74) is 0.575. The average Bonchev–Trinajstić information content (AvgIpc) is 2.17. The highest BCUT2D eigenvalue weighted by molar-refractivity contribution is 6.63. The van der Waals surface area contributed by atoms with Crippen molar-refractivity contribution in [2.45, 2.75) is 19.4 Å². The van der Waals surface area contributed by atoms with Crippen molar-refractivity contribution in [2.24, 2.45) is 0 Å². The van der Waals surface area contributed by atoms with Crippen LogP contribution in [0, 0.1) is 0 Å². The summed E-state index contributed by atoms with van der Waals surface area (Å²) in [6.45, 7) is 1.74. The van der Waals surface area contributed by atoms with E-state index in [-0.39, 0.29) is 18.4 Å². The van der Waals surface area contributed by atoms with Gasteiger partial charge < -0.3 is 5.32 Å². The van der Waals surface area contributed by atoms with Gasteiger partial charge in [0.1, 0.15) is 0 Å². The number of carbonyl (C=O) groups is 2. The van der Waals surface area contributed by atoms with Gasteiger partial charge in [0.25, 0.3) is 5.91 Å². The third-order valence-electron chi connectivity index (χ3n) is 1.88. The first-order valence-corrected chi connectivity index (χ1v) is 5.01. The average molecular weight is 226 g/mol. The summed E-state index contributed by atoms with van der Waals surface area (Å²) >= 11 is 5.21. The molecule has 0 fully saturated rings. The fourth-order valence-corrected chi connectivity index (χ4v) is 1.42. The Balaban J connectivity index is 2.53. The number of carbonyl (C=O) groups excluding carboxylic acids is 2. The van der Waals surface area contributed by atoms with E-state index in [1.54, 1.807) is 31.2 Å². The maximum Gasteiger partial charge on any atom is 0.251 e. The first kappa shape index (κ1) is 11.7. The van der Waals surface area contributed by atoms with Crippen molar-refractivity contribution in [1.82, 2.24) is 5.32 Å². The molecule has 1 atom stereocenters. The fourth-order valence-electron chi connectivity index (χ4n) is 1.19. The van der Waals surface area contributed by atoms with Crippen LogP contribution in [0.15, 0.2) is 30.3 Å². The molecular weight excluding hydrogens is 214 g/mol. The molecule has 0 aliphatic rings. The molecule has 0 aromatic heterocycles. The van der Waals surface area contributed by atoms with Crippen LogP contribution >= 0.6 is 11.6 Å². The zero-order valence-electron chi connectivity index (χ0n) is 8.37. The molecule has 1 unspecified atom stereocenters. The fraction of sp³-hybridized carbons (Fsp3) is 0.273. The summed E-state index contributed by atoms with van der Waals surface area (Å²) in [5.74, 6) is -0.194. The van der Waals surface area contributed by atoms with Gasteiger partial charge in [-0.2, -0.15) is 0 Å². The number of hydrogen-bond acceptors (Lipinski definition) is 2. The summed E-state index contributed by atoms with van der Waals surface area (Å²) < 4.78 is 0. The Hall–Kier alpha value is -1.35. The summed E-state index contributed by atoms with van der Waals surface area (Å²) in [7, 11) is 0. The van der Waals surface area contributed by atoms with Crippen molar-refractivity contribution in [3.8, 4) is 0 Å². The molecule has 4 heteroatoms. The Morgan fingerprint density at radius 1 is 1.33 bits per heavy atom. The molecular formula is C11H12ClNO2. The van der Waals surface area contributed by atoms with E-state index >= 15 is 0 Å². The lowest BCUT2D eigenvalue weighted by molar-refractivity contribution is -0.112. The Labute approximate surface area is 93.4 Å². The van der Waals surface area contributed by atoms with Gasteiger partial charge >= 0.3 is 0 Å². The van der Waals surface area contributed by atoms with Gasteiger partial charge in [0.15, 0.2) is 0 Å². The molecule has 1 N–H and O–H groups in total. The minimum Gasteiger partial charge on any atom is -0.349 e. The van der Waals surface area contributed by atoms with Crippen LogP contribution in [-0.4, -0.2) is 17.2 Å². The molecule has 0 heterocycles. The van der Waals surface area contributed by atoms with Gasteiger partial charge in [-0.3, -0.25) is 9.59 Å². The zero-order chi connectivity index (χ0) is 11.3. The van der Waals surface area contributed by atoms with Crippen LogP contribution in [0.2, 0.25) is 0 Å². The lowest BCUT2D eigenvalue weighted by Crippen LogP contribution is -2.33. The minimum atomic E-state index is -0.448. The van der Waals surface area contributed by atoms with Gasteiger partial charge in [0.05, 0.1) is 0 Å². The molecule has 80 valence electrons. The van der Waals surface area contributed by atoms with Gasteiger partial charge in [-0.1, -0.05) is 18.2 Å². The number of rotatable bonds is 4. The molecule has 0 spiro atoms. The maximum atomic E-state index is 11.6. The second-order valence-electron chi connectivity index (χ2n) is 3.30. The van der Waals surface area contributed by atoms with Crippen LogP contribution < -0.4 is 5.32 Å². The molecule has 15 heavy (non-hydrogen) atoms. The lowest BCUT2D eigenvalue weighted by Gasteiger charge is -2.11. The van der Waals surface area contributed by atoms with Gasteiger partial charge in [-0.05, 0) is 30.7 Å². The van der Waals surface area contributed by atoms with E-state index in [4.69, 9.17) is 11.6 Å². The van der Waals surface area contributed by atoms with Gasteiger partial charge in [0, 0.05) is 18.0 Å². The number of halogens is 1. The topological polar surface area (TPSA) is 46.2 Å². The molecule has 1 aromatic rings. The van der Waals surface area contributed by atoms with Crippen molar-refractivity contribution in [3.05, 3.63) is 35.9 Å². The molecule has 0 saturated heterocycles. The molecule has 1 amide bonds. The van der Waals surface area contributed by atoms with E-state index < -0.39 is 5.24 Å². The Morgan fingerprint density at radius 2 is 1.93 bits per heavy atom. The Bertz CT molecular complexity index is 351. The maximum absolute atomic E-state index is 11.6. The number of hydrogen-bond donors (Lipinski definition) is 1. The van der Waals surface area contributed by atoms with Crippen molar-refractivity contribution in [3.63, 3.8) is 0 Å². The third-order valence-corrected chi connectivity index (χ3v) is 2.03. The molecule has 1 rings (SSSR count). The van der Waals surface area contributed by atoms with E-state index in [1.165, 1.54) is 0 Å². The van der Waals surface area contributed by atoms with E-state index in [1.807, 2.05) is 6.07 Å². The van der Waals surface area contributed by atoms with E-state index in [0.29, 0.717) is 5.56 Å². The molecule has 0 saturated carbocycles. The van der Waals surface area contributed by atoms with E-state index in [2.05, 4.69) is 5.32 Å². The highest BCUT2D eigenvalue weighted by Crippen LogP contribution is 2.01. The van der Waals surface area contributed by atoms with Crippen LogP contribution in [0.5, 0.6) is 0 Å². The lowest BCUT2D eigenvalue weighted by atomic mass is 10.2. The van der Waals surface area contributed by atoms with Crippen molar-refractivity contribution in [1.29, 1.82) is 0 Å². The quantitative estimate of drug-likeness (QED) is 0.797. The SMILES string of the molecule is CC(CC(=O)Cl)NC(=O)c1ccccc1. The summed E-state index contributed by atoms with van der Waals surface area (Å²) in [6, 6.07) is 8.58. The van der Waals surface area contributed by atoms with E-state index in [9.17, 15) is 9.59 Å². The monoisotopic (exact) mass is 225 g/mol. The highest BCUT2D eigenvalue weighted by Gasteiger charge is 2.11. The van der Waals surface area contributed by atoms with Crippen molar-refractivity contribution in [2.75, 3.05) is 0 Å². The molecule has 3 nitrogen and oxygen atoms in total. The normalized spacial score (nSPS) is 11.9. The van der Waals surface area contributed by atoms with Crippen LogP contribution in [-0.2, 0) is 4.79 Å². The molecule has 0 aliphatic carbocycles. The van der Waals surface area contributed by atoms with Gasteiger partial charge in [-0.15, -0.1) is 0 Å². The van der Waals surface area contributed by atoms with Gasteiger partial charge in [-0.25, -0.2) is 0 Å². The van der Waals surface area contributed by atoms with Crippen molar-refractivity contribution >= 4 is 22.8 Å². The Kier molecular flexibility index (Phi) is 4.31. The molecule has 1 aromatic carbocycles. The minimum absolute atomic E-state index is 0.139. The second kappa shape index (κ2) is 5.51. The third kappa shape index (κ3) is 4.13. The first-order valence-electron chi connectivity index (χ1n) is 4.64. The first-order chi connectivity index (χ1) is 7.09. The van der Waals surface area contributed by atoms with Crippen LogP contribution in [0.3, 0.4) is 0 Å². The smallest absolute Gasteiger partial charge is 0.251 e. The van der Waals surface area contributed by atoms with Crippen molar-refractivity contribution < 1.29 is 9.59 Å². The second-order valence-corrected chi connectivity index (χ2v) is 3.72. The summed E-state index contributed by atoms with van der Waals surface area (Å²) in [6.07, 6.45) is 0.139. The summed E-state index contributed by atoms with van der Waals surface area (Å²) in [5, 5.41) is 2.24. The van der Waals surface area contributed by atoms with Crippen LogP contribution in [0.4, 0.5) is 0 Å². The predicted molar refractivity (Wildman–Crippen MR) is 58.8 cm³/mol. The number of amides is 1. The zero-order valence-corrected chi connectivity index (χ0v) is 9.12. The standard InChI is InChI=1S/C11H12ClNO2/c1-8(7-10(12)14)13-11(15)9-5-3-2-4-6-9/h2-6,8H,7H2,1H3,(H,13,15). The molecule has 0 bridgehead atoms. The van der Waals surface area contributed by atoms with E-state index in [0.717, 1.165) is 0 Å². The number of benzene rings is 1. The van der Waals surface area contributed by atoms with Gasteiger partial charge in [0.2, 0.25) is 5.24 Å². The van der Waals surface area contributed by atoms with Crippen LogP contribution in [0.25, 0.3) is 0 Å². The largest absolute Gasteiger partial charge is 0.349 e. The highest BCUT2D eigenvalue weighted by atomic mass is 35.5. The number of nitrogens with one attached hydrogen (secondary N) is 1. The molecule has 0 aliphatic heterocycles. The Morgan fingerprint density at radius 3 is 2.47 bits per heavy atom. The summed E-state index contributed by atoms with van der Waals surface area (Å²) in [4.78, 5) is 22.2. The van der Waals surface area contributed by atoms with Crippen LogP contribution in [0.1, 0.15) is 23.7 Å². The molecule has 0 radical (unpaired) electrons. The predicted octanol–water partition coefficient (Wildman–Crippen LogP) is 1.96.